The molecular weight excluding hydrogens is 445 g/mol. The van der Waals surface area contributed by atoms with Gasteiger partial charge in [-0.05, 0) is 48.2 Å². The second kappa shape index (κ2) is 7.58. The Morgan fingerprint density at radius 3 is 2.61 bits per heavy atom. The van der Waals surface area contributed by atoms with Crippen LogP contribution in [0.2, 0.25) is 0 Å². The molecule has 0 aliphatic carbocycles. The summed E-state index contributed by atoms with van der Waals surface area (Å²) in [6, 6.07) is 9.43. The first kappa shape index (κ1) is 21.4. The zero-order valence-corrected chi connectivity index (χ0v) is 19.0. The van der Waals surface area contributed by atoms with Crippen LogP contribution in [0.1, 0.15) is 30.1 Å². The number of hydrogen-bond donors (Lipinski definition) is 0. The Balaban J connectivity index is 1.60. The minimum Gasteiger partial charge on any atom is -0.294 e. The third-order valence-electron chi connectivity index (χ3n) is 6.15. The van der Waals surface area contributed by atoms with Gasteiger partial charge in [-0.1, -0.05) is 6.92 Å². The maximum atomic E-state index is 13.5. The van der Waals surface area contributed by atoms with Crippen LogP contribution in [0.5, 0.6) is 0 Å². The maximum absolute atomic E-state index is 13.5. The first-order chi connectivity index (χ1) is 15.6. The molecule has 1 atom stereocenters. The van der Waals surface area contributed by atoms with E-state index in [1.165, 1.54) is 18.3 Å². The fourth-order valence-corrected chi connectivity index (χ4v) is 6.67. The molecule has 4 aromatic rings. The fourth-order valence-electron chi connectivity index (χ4n) is 4.41. The van der Waals surface area contributed by atoms with E-state index >= 15 is 0 Å². The highest BCUT2D eigenvalue weighted by Crippen LogP contribution is 2.36. The lowest BCUT2D eigenvalue weighted by molar-refractivity contribution is 0.0934. The Morgan fingerprint density at radius 1 is 1.21 bits per heavy atom. The molecule has 1 aliphatic heterocycles. The number of benzene rings is 1. The van der Waals surface area contributed by atoms with Crippen LogP contribution in [-0.2, 0) is 16.9 Å². The number of nitrogens with zero attached hydrogens (tertiary/aromatic N) is 5. The normalized spacial score (nSPS) is 19.8. The highest BCUT2D eigenvalue weighted by molar-refractivity contribution is 7.91. The second-order valence-corrected chi connectivity index (χ2v) is 11.1. The Morgan fingerprint density at radius 2 is 1.97 bits per heavy atom. The lowest BCUT2D eigenvalue weighted by Gasteiger charge is -2.20. The molecule has 3 aromatic heterocycles. The molecule has 4 heterocycles. The summed E-state index contributed by atoms with van der Waals surface area (Å²) in [5.74, 6) is -0.410. The summed E-state index contributed by atoms with van der Waals surface area (Å²) in [6.07, 6.45) is 3.76. The van der Waals surface area contributed by atoms with Crippen molar-refractivity contribution in [3.05, 3.63) is 60.2 Å². The van der Waals surface area contributed by atoms with Crippen LogP contribution < -0.4 is 0 Å². The predicted octanol–water partition coefficient (Wildman–Crippen LogP) is 3.36. The van der Waals surface area contributed by atoms with E-state index in [1.54, 1.807) is 40.8 Å². The molecule has 0 radical (unpaired) electrons. The van der Waals surface area contributed by atoms with Crippen LogP contribution in [0.15, 0.2) is 48.8 Å². The van der Waals surface area contributed by atoms with Gasteiger partial charge in [-0.3, -0.25) is 14.5 Å². The van der Waals surface area contributed by atoms with E-state index in [1.807, 2.05) is 13.0 Å². The van der Waals surface area contributed by atoms with E-state index in [0.717, 1.165) is 5.69 Å². The molecule has 33 heavy (non-hydrogen) atoms. The van der Waals surface area contributed by atoms with Gasteiger partial charge < -0.3 is 0 Å². The van der Waals surface area contributed by atoms with Crippen LogP contribution in [0.3, 0.4) is 0 Å². The largest absolute Gasteiger partial charge is 0.294 e. The number of rotatable bonds is 5. The van der Waals surface area contributed by atoms with Gasteiger partial charge >= 0.3 is 0 Å². The zero-order chi connectivity index (χ0) is 23.4. The third-order valence-corrected chi connectivity index (χ3v) is 8.11. The molecule has 0 amide bonds. The number of carbonyl (C=O) groups is 1. The molecule has 0 unspecified atom stereocenters. The predicted molar refractivity (Wildman–Crippen MR) is 121 cm³/mol. The van der Waals surface area contributed by atoms with Crippen molar-refractivity contribution in [1.82, 2.24) is 24.5 Å². The standard InChI is InChI=1S/C23H22FN5O3S/c1-23(8-10-33(31,32)14-23)12-20(30)15-11-19-21(25-13-15)22(18-7-9-26-28(18)2)27-29(19)17-5-3-16(24)4-6-17/h3-7,9,11,13H,8,10,12,14H2,1-2H3/t23-/m1/s1. The van der Waals surface area contributed by atoms with Gasteiger partial charge in [0.2, 0.25) is 0 Å². The van der Waals surface area contributed by atoms with Gasteiger partial charge in [-0.25, -0.2) is 17.5 Å². The van der Waals surface area contributed by atoms with Crippen LogP contribution >= 0.6 is 0 Å². The molecule has 1 fully saturated rings. The first-order valence-corrected chi connectivity index (χ1v) is 12.3. The molecule has 0 bridgehead atoms. The van der Waals surface area contributed by atoms with Gasteiger partial charge in [0.1, 0.15) is 17.0 Å². The van der Waals surface area contributed by atoms with Crippen molar-refractivity contribution in [3.63, 3.8) is 0 Å². The Bertz CT molecular complexity index is 1490. The van der Waals surface area contributed by atoms with E-state index in [4.69, 9.17) is 5.10 Å². The molecule has 10 heteroatoms. The minimum absolute atomic E-state index is 0.0135. The Kier molecular flexibility index (Phi) is 4.93. The van der Waals surface area contributed by atoms with E-state index in [2.05, 4.69) is 10.1 Å². The lowest BCUT2D eigenvalue weighted by atomic mass is 9.83. The summed E-state index contributed by atoms with van der Waals surface area (Å²) in [5, 5.41) is 8.91. The number of aromatic nitrogens is 5. The number of ketones is 1. The number of Topliss-reactive ketones (excluding diaryl/α,β-unsaturated/α-hetero) is 1. The number of sulfone groups is 1. The van der Waals surface area contributed by atoms with Crippen molar-refractivity contribution in [2.45, 2.75) is 19.8 Å². The molecular formula is C23H22FN5O3S. The summed E-state index contributed by atoms with van der Waals surface area (Å²) in [7, 11) is -1.31. The van der Waals surface area contributed by atoms with Gasteiger partial charge in [0.25, 0.3) is 0 Å². The molecule has 0 spiro atoms. The van der Waals surface area contributed by atoms with E-state index in [0.29, 0.717) is 34.4 Å². The summed E-state index contributed by atoms with van der Waals surface area (Å²) < 4.78 is 40.7. The van der Waals surface area contributed by atoms with Gasteiger partial charge in [-0.15, -0.1) is 0 Å². The second-order valence-electron chi connectivity index (χ2n) is 8.92. The minimum atomic E-state index is -3.11. The van der Waals surface area contributed by atoms with Crippen molar-refractivity contribution in [2.24, 2.45) is 12.5 Å². The van der Waals surface area contributed by atoms with E-state index < -0.39 is 15.3 Å². The van der Waals surface area contributed by atoms with Crippen LogP contribution in [0.4, 0.5) is 4.39 Å². The summed E-state index contributed by atoms with van der Waals surface area (Å²) in [4.78, 5) is 17.7. The molecule has 170 valence electrons. The molecule has 5 rings (SSSR count). The van der Waals surface area contributed by atoms with Gasteiger partial charge in [0.15, 0.2) is 15.6 Å². The summed E-state index contributed by atoms with van der Waals surface area (Å²) >= 11 is 0. The van der Waals surface area contributed by atoms with Gasteiger partial charge in [0.05, 0.1) is 28.4 Å². The van der Waals surface area contributed by atoms with Crippen molar-refractivity contribution in [2.75, 3.05) is 11.5 Å². The van der Waals surface area contributed by atoms with Gasteiger partial charge in [-0.2, -0.15) is 10.2 Å². The fraction of sp³-hybridized carbons (Fsp3) is 0.304. The third kappa shape index (κ3) is 3.95. The average Bonchev–Trinajstić information content (AvgIpc) is 3.43. The number of carbonyl (C=O) groups excluding carboxylic acids is 1. The number of fused-ring (bicyclic) bond motifs is 1. The molecule has 1 saturated heterocycles. The van der Waals surface area contributed by atoms with Crippen molar-refractivity contribution in [1.29, 1.82) is 0 Å². The molecule has 1 aromatic carbocycles. The molecule has 8 nitrogen and oxygen atoms in total. The quantitative estimate of drug-likeness (QED) is 0.417. The highest BCUT2D eigenvalue weighted by atomic mass is 32.2. The number of halogens is 1. The zero-order valence-electron chi connectivity index (χ0n) is 18.2. The van der Waals surface area contributed by atoms with Gasteiger partial charge in [0, 0.05) is 31.4 Å². The topological polar surface area (TPSA) is 99.7 Å². The highest BCUT2D eigenvalue weighted by Gasteiger charge is 2.40. The van der Waals surface area contributed by atoms with Crippen LogP contribution in [-0.4, -0.2) is 50.3 Å². The SMILES string of the molecule is Cn1nccc1-c1nn(-c2ccc(F)cc2)c2cc(C(=O)C[C@@]3(C)CCS(=O)(=O)C3)cnc12. The smallest absolute Gasteiger partial charge is 0.165 e. The van der Waals surface area contributed by atoms with Crippen molar-refractivity contribution in [3.8, 4) is 17.1 Å². The Hall–Kier alpha value is -3.40. The lowest BCUT2D eigenvalue weighted by Crippen LogP contribution is -2.22. The first-order valence-electron chi connectivity index (χ1n) is 10.5. The van der Waals surface area contributed by atoms with Crippen molar-refractivity contribution < 1.29 is 17.6 Å². The number of pyridine rings is 1. The number of hydrogen-bond acceptors (Lipinski definition) is 6. The monoisotopic (exact) mass is 467 g/mol. The summed E-state index contributed by atoms with van der Waals surface area (Å²) in [6.45, 7) is 1.84. The molecule has 1 aliphatic rings. The molecule has 0 saturated carbocycles. The Labute approximate surface area is 190 Å². The maximum Gasteiger partial charge on any atom is 0.165 e. The van der Waals surface area contributed by atoms with E-state index in [-0.39, 0.29) is 29.5 Å². The van der Waals surface area contributed by atoms with Crippen molar-refractivity contribution >= 4 is 26.7 Å². The average molecular weight is 468 g/mol. The van der Waals surface area contributed by atoms with E-state index in [9.17, 15) is 17.6 Å². The summed E-state index contributed by atoms with van der Waals surface area (Å²) in [5.41, 5.74) is 2.92. The molecule has 0 N–H and O–H groups in total. The van der Waals surface area contributed by atoms with Crippen LogP contribution in [0.25, 0.3) is 28.1 Å². The number of aryl methyl sites for hydroxylation is 1. The van der Waals surface area contributed by atoms with Crippen LogP contribution in [0, 0.1) is 11.2 Å².